The summed E-state index contributed by atoms with van der Waals surface area (Å²) in [5.74, 6) is 0. The molecule has 1 aromatic carbocycles. The molecular weight excluding hydrogens is 169 g/mol. The number of aryl methyl sites for hydroxylation is 1. The summed E-state index contributed by atoms with van der Waals surface area (Å²) in [6.45, 7) is 1.87. The fraction of sp³-hybridized carbons (Fsp3) is 0.111. The van der Waals surface area contributed by atoms with Crippen LogP contribution in [0.15, 0.2) is 29.4 Å². The van der Waals surface area contributed by atoms with E-state index in [9.17, 15) is 4.48 Å². The second-order valence-corrected chi connectivity index (χ2v) is 2.53. The molecule has 0 aliphatic carbocycles. The number of nitrogens with one attached hydrogen (secondary N) is 1. The van der Waals surface area contributed by atoms with Gasteiger partial charge in [-0.1, -0.05) is 21.8 Å². The Hall–Kier alpha value is -1.71. The van der Waals surface area contributed by atoms with Gasteiger partial charge in [0.25, 0.3) is 0 Å². The molecule has 68 valence electrons. The van der Waals surface area contributed by atoms with E-state index in [1.165, 1.54) is 0 Å². The highest BCUT2D eigenvalue weighted by Crippen LogP contribution is 2.15. The van der Waals surface area contributed by atoms with Crippen LogP contribution in [0.3, 0.4) is 0 Å². The van der Waals surface area contributed by atoms with Gasteiger partial charge >= 0.3 is 0 Å². The van der Waals surface area contributed by atoms with E-state index in [1.807, 2.05) is 13.0 Å². The first-order valence-electron chi connectivity index (χ1n) is 3.79. The number of halogens is 1. The minimum absolute atomic E-state index is 0.234. The largest absolute Gasteiger partial charge is 0.307 e. The van der Waals surface area contributed by atoms with Crippen molar-refractivity contribution >= 4 is 18.1 Å². The van der Waals surface area contributed by atoms with Crippen molar-refractivity contribution in [3.8, 4) is 0 Å². The van der Waals surface area contributed by atoms with E-state index in [0.717, 1.165) is 18.0 Å². The van der Waals surface area contributed by atoms with Crippen LogP contribution in [0.2, 0.25) is 0 Å². The summed E-state index contributed by atoms with van der Waals surface area (Å²) < 4.78 is 13.0. The Morgan fingerprint density at radius 3 is 2.92 bits per heavy atom. The Morgan fingerprint density at radius 1 is 1.54 bits per heavy atom. The van der Waals surface area contributed by atoms with E-state index in [-0.39, 0.29) is 5.23 Å². The molecule has 0 radical (unpaired) electrons. The fourth-order valence-corrected chi connectivity index (χ4v) is 0.901. The highest BCUT2D eigenvalue weighted by molar-refractivity contribution is 6.14. The van der Waals surface area contributed by atoms with Gasteiger partial charge in [-0.15, -0.1) is 5.10 Å². The first kappa shape index (κ1) is 9.38. The Morgan fingerprint density at radius 2 is 2.31 bits per heavy atom. The molecule has 0 atom stereocenters. The van der Waals surface area contributed by atoms with Gasteiger partial charge in [0.15, 0.2) is 0 Å². The van der Waals surface area contributed by atoms with Crippen LogP contribution in [0.25, 0.3) is 0 Å². The van der Waals surface area contributed by atoms with Crippen molar-refractivity contribution in [2.24, 2.45) is 5.10 Å². The Kier molecular flexibility index (Phi) is 3.14. The van der Waals surface area contributed by atoms with E-state index in [0.29, 0.717) is 5.69 Å². The van der Waals surface area contributed by atoms with Crippen LogP contribution >= 0.6 is 0 Å². The van der Waals surface area contributed by atoms with Gasteiger partial charge in [0, 0.05) is 6.21 Å². The molecule has 0 unspecified atom stereocenters. The molecular formula is C9H10FN3. The lowest BCUT2D eigenvalue weighted by molar-refractivity contribution is 0.448. The zero-order valence-electron chi connectivity index (χ0n) is 7.24. The molecule has 3 nitrogen and oxygen atoms in total. The van der Waals surface area contributed by atoms with Gasteiger partial charge in [0.2, 0.25) is 0 Å². The molecule has 0 spiro atoms. The van der Waals surface area contributed by atoms with Gasteiger partial charge in [0.1, 0.15) is 0 Å². The maximum absolute atomic E-state index is 13.0. The van der Waals surface area contributed by atoms with Gasteiger partial charge in [-0.25, -0.2) is 0 Å². The molecule has 0 aliphatic rings. The molecule has 4 heteroatoms. The van der Waals surface area contributed by atoms with Crippen LogP contribution in [0.4, 0.5) is 10.2 Å². The van der Waals surface area contributed by atoms with Crippen molar-refractivity contribution in [2.75, 3.05) is 5.23 Å². The summed E-state index contributed by atoms with van der Waals surface area (Å²) in [7, 11) is 0. The van der Waals surface area contributed by atoms with Gasteiger partial charge in [-0.2, -0.15) is 0 Å². The lowest BCUT2D eigenvalue weighted by Gasteiger charge is -2.06. The maximum atomic E-state index is 13.0. The monoisotopic (exact) mass is 179 g/mol. The zero-order chi connectivity index (χ0) is 9.68. The highest BCUT2D eigenvalue weighted by Gasteiger charge is 2.00. The molecule has 13 heavy (non-hydrogen) atoms. The number of anilines is 1. The Labute approximate surface area is 75.9 Å². The second kappa shape index (κ2) is 4.35. The number of hydrazone groups is 1. The van der Waals surface area contributed by atoms with E-state index < -0.39 is 0 Å². The normalized spacial score (nSPS) is 10.3. The standard InChI is InChI=1S/C9H10FN3/c1-8-3-2-4-9(7-8)13(10)12-6-5-11/h2-7,11H,1H3/b11-5?,12-6-. The topological polar surface area (TPSA) is 39.5 Å². The van der Waals surface area contributed by atoms with Crippen molar-refractivity contribution < 1.29 is 4.48 Å². The molecule has 0 bridgehead atoms. The van der Waals surface area contributed by atoms with E-state index >= 15 is 0 Å². The summed E-state index contributed by atoms with van der Waals surface area (Å²) in [4.78, 5) is 0. The van der Waals surface area contributed by atoms with E-state index in [1.54, 1.807) is 18.2 Å². The van der Waals surface area contributed by atoms with Crippen molar-refractivity contribution in [1.29, 1.82) is 5.41 Å². The quantitative estimate of drug-likeness (QED) is 0.431. The molecule has 0 aliphatic heterocycles. The van der Waals surface area contributed by atoms with Crippen molar-refractivity contribution in [3.05, 3.63) is 29.8 Å². The first-order chi connectivity index (χ1) is 6.24. The lowest BCUT2D eigenvalue weighted by Crippen LogP contribution is -2.02. The third-order valence-corrected chi connectivity index (χ3v) is 1.46. The van der Waals surface area contributed by atoms with Crippen molar-refractivity contribution in [2.45, 2.75) is 6.92 Å². The third kappa shape index (κ3) is 2.66. The second-order valence-electron chi connectivity index (χ2n) is 2.53. The van der Waals surface area contributed by atoms with E-state index in [4.69, 9.17) is 5.41 Å². The number of rotatable bonds is 3. The Balaban J connectivity index is 2.82. The van der Waals surface area contributed by atoms with Crippen LogP contribution in [0, 0.1) is 12.3 Å². The van der Waals surface area contributed by atoms with E-state index in [2.05, 4.69) is 5.10 Å². The van der Waals surface area contributed by atoms with Gasteiger partial charge < -0.3 is 5.41 Å². The average Bonchev–Trinajstić information content (AvgIpc) is 2.14. The molecule has 0 amide bonds. The van der Waals surface area contributed by atoms with Gasteiger partial charge in [-0.3, -0.25) is 0 Å². The summed E-state index contributed by atoms with van der Waals surface area (Å²) in [6.07, 6.45) is 1.99. The smallest absolute Gasteiger partial charge is 0.0956 e. The Bertz CT molecular complexity index is 322. The van der Waals surface area contributed by atoms with Crippen LogP contribution in [-0.2, 0) is 0 Å². The molecule has 1 rings (SSSR count). The van der Waals surface area contributed by atoms with Crippen LogP contribution in [0.5, 0.6) is 0 Å². The predicted octanol–water partition coefficient (Wildman–Crippen LogP) is 2.32. The number of hydrogen-bond acceptors (Lipinski definition) is 3. The van der Waals surface area contributed by atoms with Crippen LogP contribution < -0.4 is 5.23 Å². The predicted molar refractivity (Wildman–Crippen MR) is 52.0 cm³/mol. The lowest BCUT2D eigenvalue weighted by atomic mass is 10.2. The minimum atomic E-state index is 0.234. The summed E-state index contributed by atoms with van der Waals surface area (Å²) in [5.41, 5.74) is 1.32. The molecule has 0 heterocycles. The van der Waals surface area contributed by atoms with Crippen LogP contribution in [-0.4, -0.2) is 12.4 Å². The minimum Gasteiger partial charge on any atom is -0.307 e. The third-order valence-electron chi connectivity index (χ3n) is 1.46. The fourth-order valence-electron chi connectivity index (χ4n) is 0.901. The van der Waals surface area contributed by atoms with Crippen LogP contribution in [0.1, 0.15) is 5.56 Å². The average molecular weight is 179 g/mol. The molecule has 1 N–H and O–H groups in total. The summed E-state index contributed by atoms with van der Waals surface area (Å²) in [6, 6.07) is 6.89. The molecule has 0 saturated carbocycles. The summed E-state index contributed by atoms with van der Waals surface area (Å²) in [5, 5.41) is 10.2. The molecule has 1 aromatic rings. The SMILES string of the molecule is Cc1cccc(N(F)/N=C\C=N)c1. The molecule has 0 fully saturated rings. The summed E-state index contributed by atoms with van der Waals surface area (Å²) >= 11 is 0. The molecule has 0 saturated heterocycles. The van der Waals surface area contributed by atoms with Gasteiger partial charge in [0.05, 0.1) is 11.9 Å². The van der Waals surface area contributed by atoms with Crippen molar-refractivity contribution in [3.63, 3.8) is 0 Å². The van der Waals surface area contributed by atoms with Gasteiger partial charge in [-0.05, 0) is 24.6 Å². The first-order valence-corrected chi connectivity index (χ1v) is 3.79. The molecule has 0 aromatic heterocycles. The van der Waals surface area contributed by atoms with Crippen molar-refractivity contribution in [1.82, 2.24) is 0 Å². The number of hydrogen-bond donors (Lipinski definition) is 1. The number of nitrogens with zero attached hydrogens (tertiary/aromatic N) is 2. The highest BCUT2D eigenvalue weighted by atomic mass is 19.2. The number of benzene rings is 1. The zero-order valence-corrected chi connectivity index (χ0v) is 7.24. The maximum Gasteiger partial charge on any atom is 0.0956 e.